The molecule has 0 radical (unpaired) electrons. The van der Waals surface area contributed by atoms with Crippen LogP contribution in [0.5, 0.6) is 0 Å². The van der Waals surface area contributed by atoms with Gasteiger partial charge in [-0.05, 0) is 22.8 Å². The maximum absolute atomic E-state index is 12.9. The Kier molecular flexibility index (Phi) is 6.26. The summed E-state index contributed by atoms with van der Waals surface area (Å²) in [6.07, 6.45) is 2.58. The molecule has 1 N–H and O–H groups in total. The minimum Gasteiger partial charge on any atom is -0.468 e. The number of esters is 1. The number of carbonyl (C=O) groups excluding carboxylic acids is 1. The number of hydrogen-bond acceptors (Lipinski definition) is 3. The molecule has 30 heavy (non-hydrogen) atoms. The lowest BCUT2D eigenvalue weighted by Gasteiger charge is -2.30. The highest BCUT2D eigenvalue weighted by Gasteiger charge is 2.28. The Morgan fingerprint density at radius 3 is 2.03 bits per heavy atom. The first kappa shape index (κ1) is 19.9. The first-order valence-electron chi connectivity index (χ1n) is 10.2. The van der Waals surface area contributed by atoms with Crippen molar-refractivity contribution in [2.75, 3.05) is 7.11 Å². The molecule has 4 heteroatoms. The van der Waals surface area contributed by atoms with Gasteiger partial charge in [-0.25, -0.2) is 0 Å². The van der Waals surface area contributed by atoms with Gasteiger partial charge in [0, 0.05) is 36.6 Å². The van der Waals surface area contributed by atoms with Crippen molar-refractivity contribution in [3.63, 3.8) is 0 Å². The Morgan fingerprint density at radius 1 is 0.867 bits per heavy atom. The molecule has 0 unspecified atom stereocenters. The van der Waals surface area contributed by atoms with Crippen LogP contribution in [0.2, 0.25) is 0 Å². The van der Waals surface area contributed by atoms with Crippen molar-refractivity contribution >= 4 is 16.9 Å². The van der Waals surface area contributed by atoms with Gasteiger partial charge in [-0.15, -0.1) is 0 Å². The van der Waals surface area contributed by atoms with E-state index < -0.39 is 6.04 Å². The van der Waals surface area contributed by atoms with E-state index >= 15 is 0 Å². The molecule has 1 heterocycles. The zero-order valence-electron chi connectivity index (χ0n) is 17.1. The number of rotatable bonds is 8. The van der Waals surface area contributed by atoms with Crippen molar-refractivity contribution in [2.24, 2.45) is 0 Å². The van der Waals surface area contributed by atoms with Crippen molar-refractivity contribution in [1.82, 2.24) is 9.88 Å². The number of H-pyrrole nitrogens is 1. The lowest BCUT2D eigenvalue weighted by atomic mass is 10.0. The molecule has 0 aliphatic carbocycles. The van der Waals surface area contributed by atoms with Gasteiger partial charge < -0.3 is 9.72 Å². The molecule has 0 spiro atoms. The van der Waals surface area contributed by atoms with E-state index in [1.807, 2.05) is 54.7 Å². The van der Waals surface area contributed by atoms with Crippen LogP contribution in [0.3, 0.4) is 0 Å². The maximum atomic E-state index is 12.9. The SMILES string of the molecule is COC(=O)[C@@H](Cc1c[nH]c2ccccc12)N(Cc1ccccc1)Cc1ccccc1. The highest BCUT2D eigenvalue weighted by molar-refractivity contribution is 5.84. The summed E-state index contributed by atoms with van der Waals surface area (Å²) in [5.41, 5.74) is 4.53. The van der Waals surface area contributed by atoms with Gasteiger partial charge in [0.05, 0.1) is 7.11 Å². The predicted molar refractivity (Wildman–Crippen MR) is 120 cm³/mol. The zero-order valence-corrected chi connectivity index (χ0v) is 17.1. The highest BCUT2D eigenvalue weighted by atomic mass is 16.5. The Balaban J connectivity index is 1.67. The zero-order chi connectivity index (χ0) is 20.8. The number of nitrogens with one attached hydrogen (secondary N) is 1. The average molecular weight is 399 g/mol. The van der Waals surface area contributed by atoms with Crippen LogP contribution in [0.1, 0.15) is 16.7 Å². The summed E-state index contributed by atoms with van der Waals surface area (Å²) in [6.45, 7) is 1.33. The molecule has 0 aliphatic rings. The molecule has 152 valence electrons. The summed E-state index contributed by atoms with van der Waals surface area (Å²) in [7, 11) is 1.47. The third-order valence-corrected chi connectivity index (χ3v) is 5.46. The van der Waals surface area contributed by atoms with Crippen LogP contribution in [0.15, 0.2) is 91.1 Å². The summed E-state index contributed by atoms with van der Waals surface area (Å²) in [4.78, 5) is 18.4. The second kappa shape index (κ2) is 9.42. The molecular weight excluding hydrogens is 372 g/mol. The van der Waals surface area contributed by atoms with Gasteiger partial charge in [-0.3, -0.25) is 9.69 Å². The third kappa shape index (κ3) is 4.61. The minimum atomic E-state index is -0.394. The van der Waals surface area contributed by atoms with Gasteiger partial charge in [0.15, 0.2) is 0 Å². The molecule has 4 aromatic rings. The summed E-state index contributed by atoms with van der Waals surface area (Å²) in [5, 5.41) is 1.14. The van der Waals surface area contributed by atoms with E-state index in [0.717, 1.165) is 16.5 Å². The average Bonchev–Trinajstić information content (AvgIpc) is 3.21. The van der Waals surface area contributed by atoms with Crippen LogP contribution >= 0.6 is 0 Å². The molecule has 1 atom stereocenters. The largest absolute Gasteiger partial charge is 0.468 e. The fraction of sp³-hybridized carbons (Fsp3) is 0.192. The van der Waals surface area contributed by atoms with Gasteiger partial charge in [-0.2, -0.15) is 0 Å². The standard InChI is InChI=1S/C26H26N2O2/c1-30-26(29)25(16-22-17-27-24-15-9-8-14-23(22)24)28(18-20-10-4-2-5-11-20)19-21-12-6-3-7-13-21/h2-15,17,25,27H,16,18-19H2,1H3/t25-/m1/s1. The molecule has 3 aromatic carbocycles. The van der Waals surface area contributed by atoms with Gasteiger partial charge >= 0.3 is 5.97 Å². The minimum absolute atomic E-state index is 0.216. The van der Waals surface area contributed by atoms with Crippen LogP contribution in [-0.2, 0) is 29.0 Å². The molecule has 4 rings (SSSR count). The first-order chi connectivity index (χ1) is 14.7. The number of hydrogen-bond donors (Lipinski definition) is 1. The molecule has 0 bridgehead atoms. The van der Waals surface area contributed by atoms with Gasteiger partial charge in [0.25, 0.3) is 0 Å². The fourth-order valence-electron chi connectivity index (χ4n) is 3.92. The monoisotopic (exact) mass is 398 g/mol. The molecule has 0 fully saturated rings. The molecule has 0 amide bonds. The second-order valence-electron chi connectivity index (χ2n) is 7.48. The van der Waals surface area contributed by atoms with Crippen LogP contribution in [0, 0.1) is 0 Å². The van der Waals surface area contributed by atoms with E-state index in [-0.39, 0.29) is 5.97 Å². The summed E-state index contributed by atoms with van der Waals surface area (Å²) in [6, 6.07) is 28.3. The smallest absolute Gasteiger partial charge is 0.323 e. The number of para-hydroxylation sites is 1. The number of fused-ring (bicyclic) bond motifs is 1. The quantitative estimate of drug-likeness (QED) is 0.427. The van der Waals surface area contributed by atoms with Gasteiger partial charge in [0.1, 0.15) is 6.04 Å². The predicted octanol–water partition coefficient (Wildman–Crippen LogP) is 4.95. The number of nitrogens with zero attached hydrogens (tertiary/aromatic N) is 1. The number of aromatic nitrogens is 1. The highest BCUT2D eigenvalue weighted by Crippen LogP contribution is 2.23. The van der Waals surface area contributed by atoms with E-state index in [0.29, 0.717) is 19.5 Å². The van der Waals surface area contributed by atoms with Crippen LogP contribution in [0.4, 0.5) is 0 Å². The maximum Gasteiger partial charge on any atom is 0.323 e. The van der Waals surface area contributed by atoms with Crippen LogP contribution in [0.25, 0.3) is 10.9 Å². The number of benzene rings is 3. The van der Waals surface area contributed by atoms with Crippen LogP contribution in [-0.4, -0.2) is 29.0 Å². The number of ether oxygens (including phenoxy) is 1. The molecule has 1 aromatic heterocycles. The van der Waals surface area contributed by atoms with Crippen molar-refractivity contribution in [3.05, 3.63) is 108 Å². The normalized spacial score (nSPS) is 12.2. The van der Waals surface area contributed by atoms with Crippen molar-refractivity contribution < 1.29 is 9.53 Å². The molecule has 0 saturated heterocycles. The Morgan fingerprint density at radius 2 is 1.43 bits per heavy atom. The van der Waals surface area contributed by atoms with E-state index in [9.17, 15) is 4.79 Å². The second-order valence-corrected chi connectivity index (χ2v) is 7.48. The van der Waals surface area contributed by atoms with E-state index in [1.54, 1.807) is 0 Å². The van der Waals surface area contributed by atoms with E-state index in [4.69, 9.17) is 4.74 Å². The fourth-order valence-corrected chi connectivity index (χ4v) is 3.92. The molecule has 0 saturated carbocycles. The van der Waals surface area contributed by atoms with Crippen LogP contribution < -0.4 is 0 Å². The van der Waals surface area contributed by atoms with E-state index in [1.165, 1.54) is 18.2 Å². The summed E-state index contributed by atoms with van der Waals surface area (Å²) < 4.78 is 5.24. The van der Waals surface area contributed by atoms with Crippen molar-refractivity contribution in [1.29, 1.82) is 0 Å². The third-order valence-electron chi connectivity index (χ3n) is 5.46. The first-order valence-corrected chi connectivity index (χ1v) is 10.2. The van der Waals surface area contributed by atoms with Gasteiger partial charge in [0.2, 0.25) is 0 Å². The lowest BCUT2D eigenvalue weighted by Crippen LogP contribution is -2.42. The Hall–Kier alpha value is -3.37. The molecule has 4 nitrogen and oxygen atoms in total. The molecule has 0 aliphatic heterocycles. The Labute approximate surface area is 177 Å². The van der Waals surface area contributed by atoms with E-state index in [2.05, 4.69) is 46.3 Å². The van der Waals surface area contributed by atoms with Crippen molar-refractivity contribution in [3.8, 4) is 0 Å². The number of aromatic amines is 1. The number of carbonyl (C=O) groups is 1. The summed E-state index contributed by atoms with van der Waals surface area (Å²) in [5.74, 6) is -0.216. The Bertz CT molecular complexity index is 1050. The summed E-state index contributed by atoms with van der Waals surface area (Å²) >= 11 is 0. The molecular formula is C26H26N2O2. The van der Waals surface area contributed by atoms with Gasteiger partial charge in [-0.1, -0.05) is 78.9 Å². The lowest BCUT2D eigenvalue weighted by molar-refractivity contribution is -0.147. The number of methoxy groups -OCH3 is 1. The topological polar surface area (TPSA) is 45.3 Å². The van der Waals surface area contributed by atoms with Crippen molar-refractivity contribution in [2.45, 2.75) is 25.6 Å².